The molecule has 0 aromatic rings. The third kappa shape index (κ3) is 18.3. The average Bonchev–Trinajstić information content (AvgIpc) is 3.82. The van der Waals surface area contributed by atoms with E-state index in [-0.39, 0.29) is 67.3 Å². The molecule has 1 saturated heterocycles. The van der Waals surface area contributed by atoms with E-state index in [1.54, 1.807) is 17.4 Å². The van der Waals surface area contributed by atoms with Crippen molar-refractivity contribution in [1.82, 2.24) is 15.5 Å². The van der Waals surface area contributed by atoms with E-state index in [9.17, 15) is 19.6 Å². The van der Waals surface area contributed by atoms with E-state index >= 15 is 0 Å². The first-order valence-corrected chi connectivity index (χ1v) is 14.9. The van der Waals surface area contributed by atoms with E-state index in [1.807, 2.05) is 20.8 Å². The van der Waals surface area contributed by atoms with Crippen LogP contribution in [0.3, 0.4) is 0 Å². The predicted octanol–water partition coefficient (Wildman–Crippen LogP) is 1.21. The van der Waals surface area contributed by atoms with Gasteiger partial charge in [0.1, 0.15) is 11.6 Å². The quantitative estimate of drug-likeness (QED) is 0.0548. The molecule has 1 radical (unpaired) electrons. The summed E-state index contributed by atoms with van der Waals surface area (Å²) >= 11 is 0. The summed E-state index contributed by atoms with van der Waals surface area (Å²) in [5.41, 5.74) is -0.140. The molecule has 0 spiro atoms. The number of hydrogen-bond acceptors (Lipinski definition) is 9. The second-order valence-corrected chi connectivity index (χ2v) is 11.7. The first kappa shape index (κ1) is 39.7. The Hall–Kier alpha value is -1.27. The molecule has 0 aromatic carbocycles. The Labute approximate surface area is 287 Å². The molecule has 43 heavy (non-hydrogen) atoms. The van der Waals surface area contributed by atoms with Crippen molar-refractivity contribution < 1.29 is 76.7 Å². The number of hydrogen-bond donors (Lipinski definition) is 2. The maximum Gasteiger partial charge on any atom is 0.264 e. The standard InChI is InChI=1S/C30H49N4O8.Tb/c1-30(2,3)19-27(20-31)29(37)34-21-25(24-4-5-24)18-26(22-34)28(36)33-7-9-39-11-13-41-15-17-42-16-14-40-12-10-38-8-6-32-23-35;/h19,24-26H,4-18,21-22H2,1-3H3,(H,32,35)(H,33,36);/q-1;/b27-19+;. The van der Waals surface area contributed by atoms with Crippen molar-refractivity contribution in [2.24, 2.45) is 23.2 Å². The van der Waals surface area contributed by atoms with Crippen LogP contribution in [-0.2, 0) is 38.1 Å². The number of rotatable bonds is 22. The van der Waals surface area contributed by atoms with E-state index in [0.29, 0.717) is 104 Å². The van der Waals surface area contributed by atoms with Crippen LogP contribution < -0.4 is 10.6 Å². The van der Waals surface area contributed by atoms with Crippen molar-refractivity contribution in [2.45, 2.75) is 40.0 Å². The number of allylic oxidation sites excluding steroid dienone is 1. The van der Waals surface area contributed by atoms with Gasteiger partial charge in [0.25, 0.3) is 5.91 Å². The summed E-state index contributed by atoms with van der Waals surface area (Å²) < 4.78 is 27.1. The molecule has 13 heteroatoms. The molecule has 0 aromatic heterocycles. The Bertz CT molecular complexity index is 888. The number of nitriles is 1. The van der Waals surface area contributed by atoms with Gasteiger partial charge in [-0.1, -0.05) is 26.8 Å². The average molecular weight is 753 g/mol. The van der Waals surface area contributed by atoms with Crippen LogP contribution in [0.15, 0.2) is 11.6 Å². The van der Waals surface area contributed by atoms with Crippen LogP contribution in [0.4, 0.5) is 0 Å². The number of carbonyl (C=O) groups is 2. The molecular formula is C30H49N4O8Tb-. The van der Waals surface area contributed by atoms with Crippen LogP contribution in [0.5, 0.6) is 0 Å². The van der Waals surface area contributed by atoms with Crippen LogP contribution in [0.1, 0.15) is 40.0 Å². The Morgan fingerprint density at radius 2 is 1.37 bits per heavy atom. The molecule has 2 fully saturated rings. The number of carbonyl (C=O) groups excluding carboxylic acids is 3. The molecule has 2 rings (SSSR count). The van der Waals surface area contributed by atoms with Gasteiger partial charge >= 0.3 is 0 Å². The van der Waals surface area contributed by atoms with Crippen molar-refractivity contribution in [2.75, 3.05) is 92.2 Å². The summed E-state index contributed by atoms with van der Waals surface area (Å²) in [6.07, 6.45) is 6.34. The minimum Gasteiger partial charge on any atom is -0.528 e. The molecule has 1 aliphatic carbocycles. The van der Waals surface area contributed by atoms with Crippen molar-refractivity contribution in [3.63, 3.8) is 0 Å². The topological polar surface area (TPSA) is 148 Å². The molecule has 2 unspecified atom stereocenters. The molecule has 2 aliphatic rings. The molecule has 1 heterocycles. The second kappa shape index (κ2) is 23.1. The van der Waals surface area contributed by atoms with Crippen LogP contribution in [0.25, 0.3) is 0 Å². The summed E-state index contributed by atoms with van der Waals surface area (Å²) in [7, 11) is 0. The number of piperidine rings is 1. The Morgan fingerprint density at radius 1 is 0.860 bits per heavy atom. The molecule has 0 bridgehead atoms. The Morgan fingerprint density at radius 3 is 1.84 bits per heavy atom. The maximum absolute atomic E-state index is 13.1. The minimum absolute atomic E-state index is 0. The van der Waals surface area contributed by atoms with Crippen molar-refractivity contribution >= 4 is 18.2 Å². The molecule has 1 saturated carbocycles. The molecule has 247 valence electrons. The van der Waals surface area contributed by atoms with Gasteiger partial charge in [-0.05, 0) is 36.5 Å². The zero-order valence-corrected chi connectivity index (χ0v) is 28.0. The van der Waals surface area contributed by atoms with Gasteiger partial charge in [0, 0.05) is 64.8 Å². The van der Waals surface area contributed by atoms with E-state index in [0.717, 1.165) is 19.3 Å². The van der Waals surface area contributed by atoms with Crippen molar-refractivity contribution in [3.05, 3.63) is 11.6 Å². The SMILES string of the molecule is CC(C)(C)/C=C(\C#N)C(=O)N1CC(C(=O)NCCOCCOCCOCCOCCOCCN[C-]=O)CC(C2CC2)C1.[Tb]. The van der Waals surface area contributed by atoms with Gasteiger partial charge in [-0.15, -0.1) is 0 Å². The van der Waals surface area contributed by atoms with Gasteiger partial charge in [-0.3, -0.25) is 9.59 Å². The fourth-order valence-corrected chi connectivity index (χ4v) is 4.69. The fourth-order valence-electron chi connectivity index (χ4n) is 4.69. The summed E-state index contributed by atoms with van der Waals surface area (Å²) in [5.74, 6) is 0.208. The largest absolute Gasteiger partial charge is 0.528 e. The molecule has 1 aliphatic heterocycles. The summed E-state index contributed by atoms with van der Waals surface area (Å²) in [4.78, 5) is 37.8. The molecule has 12 nitrogen and oxygen atoms in total. The maximum atomic E-state index is 13.1. The Kier molecular flexibility index (Phi) is 21.4. The molecule has 2 N–H and O–H groups in total. The van der Waals surface area contributed by atoms with Gasteiger partial charge < -0.3 is 44.0 Å². The summed E-state index contributed by atoms with van der Waals surface area (Å²) in [6.45, 7) is 12.0. The number of nitrogens with zero attached hydrogens (tertiary/aromatic N) is 2. The van der Waals surface area contributed by atoms with Gasteiger partial charge in [0.05, 0.1) is 72.0 Å². The number of likely N-dealkylation sites (tertiary alicyclic amines) is 1. The fraction of sp³-hybridized carbons (Fsp3) is 0.800. The van der Waals surface area contributed by atoms with Gasteiger partial charge in [0.15, 0.2) is 0 Å². The first-order chi connectivity index (χ1) is 20.2. The zero-order valence-electron chi connectivity index (χ0n) is 25.8. The van der Waals surface area contributed by atoms with E-state index in [2.05, 4.69) is 16.7 Å². The smallest absolute Gasteiger partial charge is 0.264 e. The van der Waals surface area contributed by atoms with Gasteiger partial charge in [-0.2, -0.15) is 11.7 Å². The first-order valence-electron chi connectivity index (χ1n) is 14.9. The summed E-state index contributed by atoms with van der Waals surface area (Å²) in [6, 6.07) is 2.07. The van der Waals surface area contributed by atoms with Crippen LogP contribution in [0, 0.1) is 73.1 Å². The third-order valence-electron chi connectivity index (χ3n) is 6.84. The van der Waals surface area contributed by atoms with E-state index < -0.39 is 0 Å². The number of nitrogens with one attached hydrogen (secondary N) is 2. The van der Waals surface area contributed by atoms with Gasteiger partial charge in [-0.25, -0.2) is 0 Å². The van der Waals surface area contributed by atoms with Crippen LogP contribution in [0.2, 0.25) is 0 Å². The minimum atomic E-state index is -0.291. The summed E-state index contributed by atoms with van der Waals surface area (Å²) in [5, 5.41) is 14.9. The molecular weight excluding hydrogens is 703 g/mol. The normalized spacial score (nSPS) is 18.8. The number of ether oxygens (including phenoxy) is 5. The Balaban J connectivity index is 0.00000924. The zero-order chi connectivity index (χ0) is 30.6. The van der Waals surface area contributed by atoms with Crippen LogP contribution in [-0.4, -0.2) is 115 Å². The number of amides is 3. The van der Waals surface area contributed by atoms with Gasteiger partial charge in [0.2, 0.25) is 5.91 Å². The third-order valence-corrected chi connectivity index (χ3v) is 6.84. The molecule has 2 atom stereocenters. The van der Waals surface area contributed by atoms with Crippen LogP contribution >= 0.6 is 0 Å². The van der Waals surface area contributed by atoms with Crippen molar-refractivity contribution in [1.29, 1.82) is 5.26 Å². The van der Waals surface area contributed by atoms with E-state index in [4.69, 9.17) is 23.7 Å². The monoisotopic (exact) mass is 752 g/mol. The predicted molar refractivity (Wildman–Crippen MR) is 155 cm³/mol. The second-order valence-electron chi connectivity index (χ2n) is 11.7. The molecule has 3 amide bonds. The van der Waals surface area contributed by atoms with E-state index in [1.165, 1.54) is 0 Å². The van der Waals surface area contributed by atoms with Crippen molar-refractivity contribution in [3.8, 4) is 6.07 Å².